The Morgan fingerprint density at radius 3 is 2.64 bits per heavy atom. The van der Waals surface area contributed by atoms with Gasteiger partial charge < -0.3 is 11.5 Å². The summed E-state index contributed by atoms with van der Waals surface area (Å²) in [4.78, 5) is 9.39. The Morgan fingerprint density at radius 2 is 1.92 bits per heavy atom. The van der Waals surface area contributed by atoms with Gasteiger partial charge in [0.1, 0.15) is 0 Å². The Kier molecular flexibility index (Phi) is 5.21. The minimum Gasteiger partial charge on any atom is -0.330 e. The molecule has 4 nitrogen and oxygen atoms in total. The predicted octanol–water partition coefficient (Wildman–Crippen LogP) is 3.31. The molecule has 3 rings (SSSR count). The van der Waals surface area contributed by atoms with Gasteiger partial charge in [0.25, 0.3) is 0 Å². The van der Waals surface area contributed by atoms with E-state index >= 15 is 0 Å². The zero-order valence-electron chi connectivity index (χ0n) is 15.4. The third-order valence-corrected chi connectivity index (χ3v) is 6.08. The fourth-order valence-corrected chi connectivity index (χ4v) is 4.40. The van der Waals surface area contributed by atoms with Crippen LogP contribution < -0.4 is 11.5 Å². The van der Waals surface area contributed by atoms with E-state index in [1.54, 1.807) is 0 Å². The first-order valence-electron chi connectivity index (χ1n) is 9.35. The van der Waals surface area contributed by atoms with Gasteiger partial charge in [-0.05, 0) is 62.4 Å². The van der Waals surface area contributed by atoms with Crippen LogP contribution in [0.5, 0.6) is 0 Å². The summed E-state index contributed by atoms with van der Waals surface area (Å²) >= 11 is 0. The molecule has 0 saturated heterocycles. The fourth-order valence-electron chi connectivity index (χ4n) is 4.40. The number of hydrogen-bond acceptors (Lipinski definition) is 4. The van der Waals surface area contributed by atoms with E-state index in [1.807, 2.05) is 30.6 Å². The highest BCUT2D eigenvalue weighted by Gasteiger charge is 2.50. The van der Waals surface area contributed by atoms with Gasteiger partial charge in [0.2, 0.25) is 0 Å². The number of aryl methyl sites for hydroxylation is 1. The maximum absolute atomic E-state index is 7.25. The average Bonchev–Trinajstić information content (AvgIpc) is 2.66. The Labute approximate surface area is 151 Å². The normalized spacial score (nSPS) is 19.9. The van der Waals surface area contributed by atoms with Crippen LogP contribution in [-0.4, -0.2) is 22.1 Å². The van der Waals surface area contributed by atoms with E-state index in [0.717, 1.165) is 37.8 Å². The SMILES string of the molecule is CC(C)(c1ccccn1)C(N)(CCCN)C1CCCc2cccnc21. The van der Waals surface area contributed by atoms with E-state index in [1.165, 1.54) is 11.3 Å². The van der Waals surface area contributed by atoms with Crippen LogP contribution in [0, 0.1) is 0 Å². The van der Waals surface area contributed by atoms with E-state index < -0.39 is 5.54 Å². The van der Waals surface area contributed by atoms with Gasteiger partial charge in [-0.2, -0.15) is 0 Å². The average molecular weight is 338 g/mol. The monoisotopic (exact) mass is 338 g/mol. The van der Waals surface area contributed by atoms with Crippen molar-refractivity contribution in [2.24, 2.45) is 11.5 Å². The second kappa shape index (κ2) is 7.22. The van der Waals surface area contributed by atoms with E-state index in [2.05, 4.69) is 31.0 Å². The molecule has 1 aliphatic rings. The lowest BCUT2D eigenvalue weighted by molar-refractivity contribution is 0.169. The summed E-state index contributed by atoms with van der Waals surface area (Å²) < 4.78 is 0. The Balaban J connectivity index is 2.08. The predicted molar refractivity (Wildman–Crippen MR) is 102 cm³/mol. The maximum Gasteiger partial charge on any atom is 0.0485 e. The molecule has 0 aliphatic heterocycles. The largest absolute Gasteiger partial charge is 0.330 e. The van der Waals surface area contributed by atoms with Gasteiger partial charge in [-0.3, -0.25) is 9.97 Å². The Hall–Kier alpha value is -1.78. The third kappa shape index (κ3) is 3.21. The van der Waals surface area contributed by atoms with E-state index in [-0.39, 0.29) is 11.3 Å². The van der Waals surface area contributed by atoms with Crippen LogP contribution in [-0.2, 0) is 11.8 Å². The van der Waals surface area contributed by atoms with Gasteiger partial charge in [0, 0.05) is 40.7 Å². The van der Waals surface area contributed by atoms with Crippen LogP contribution >= 0.6 is 0 Å². The Morgan fingerprint density at radius 1 is 1.12 bits per heavy atom. The molecule has 0 radical (unpaired) electrons. The molecule has 0 saturated carbocycles. The zero-order chi connectivity index (χ0) is 17.9. The van der Waals surface area contributed by atoms with Crippen LogP contribution in [0.15, 0.2) is 42.7 Å². The summed E-state index contributed by atoms with van der Waals surface area (Å²) in [7, 11) is 0. The highest BCUT2D eigenvalue weighted by molar-refractivity contribution is 5.34. The number of aromatic nitrogens is 2. The topological polar surface area (TPSA) is 77.8 Å². The number of pyridine rings is 2. The fraction of sp³-hybridized carbons (Fsp3) is 0.524. The van der Waals surface area contributed by atoms with Gasteiger partial charge in [-0.15, -0.1) is 0 Å². The summed E-state index contributed by atoms with van der Waals surface area (Å²) in [6, 6.07) is 10.3. The van der Waals surface area contributed by atoms with Crippen molar-refractivity contribution >= 4 is 0 Å². The number of nitrogens with zero attached hydrogens (tertiary/aromatic N) is 2. The van der Waals surface area contributed by atoms with Crippen molar-refractivity contribution < 1.29 is 0 Å². The molecule has 2 heterocycles. The number of hydrogen-bond donors (Lipinski definition) is 2. The van der Waals surface area contributed by atoms with Crippen molar-refractivity contribution in [3.8, 4) is 0 Å². The van der Waals surface area contributed by atoms with Crippen LogP contribution in [0.3, 0.4) is 0 Å². The van der Waals surface area contributed by atoms with Crippen LogP contribution in [0.4, 0.5) is 0 Å². The second-order valence-corrected chi connectivity index (χ2v) is 7.77. The minimum atomic E-state index is -0.440. The summed E-state index contributed by atoms with van der Waals surface area (Å²) in [5, 5.41) is 0. The van der Waals surface area contributed by atoms with E-state index in [4.69, 9.17) is 16.5 Å². The van der Waals surface area contributed by atoms with Crippen molar-refractivity contribution in [1.82, 2.24) is 9.97 Å². The molecule has 4 heteroatoms. The van der Waals surface area contributed by atoms with Crippen molar-refractivity contribution in [3.05, 3.63) is 59.7 Å². The van der Waals surface area contributed by atoms with Crippen molar-refractivity contribution in [2.75, 3.05) is 6.54 Å². The lowest BCUT2D eigenvalue weighted by atomic mass is 9.58. The molecule has 25 heavy (non-hydrogen) atoms. The number of nitrogens with two attached hydrogens (primary N) is 2. The van der Waals surface area contributed by atoms with Gasteiger partial charge in [0.15, 0.2) is 0 Å². The standard InChI is InChI=1S/C21H30N4/c1-20(2,18-11-3-4-14-24-18)21(23,12-7-13-22)17-10-5-8-16-9-6-15-25-19(16)17/h3-4,6,9,11,14-15,17H,5,7-8,10,12-13,22-23H2,1-2H3. The number of fused-ring (bicyclic) bond motifs is 1. The summed E-state index contributed by atoms with van der Waals surface area (Å²) in [6.07, 6.45) is 8.85. The minimum absolute atomic E-state index is 0.223. The van der Waals surface area contributed by atoms with Crippen LogP contribution in [0.25, 0.3) is 0 Å². The van der Waals surface area contributed by atoms with Crippen molar-refractivity contribution in [2.45, 2.75) is 62.8 Å². The molecule has 0 aromatic carbocycles. The molecule has 0 spiro atoms. The molecule has 2 unspecified atom stereocenters. The molecule has 0 bridgehead atoms. The lowest BCUT2D eigenvalue weighted by Crippen LogP contribution is -2.60. The quantitative estimate of drug-likeness (QED) is 0.847. The number of rotatable bonds is 6. The molecule has 2 aromatic rings. The van der Waals surface area contributed by atoms with Gasteiger partial charge >= 0.3 is 0 Å². The molecular weight excluding hydrogens is 308 g/mol. The molecular formula is C21H30N4. The van der Waals surface area contributed by atoms with Crippen LogP contribution in [0.1, 0.15) is 62.4 Å². The smallest absolute Gasteiger partial charge is 0.0485 e. The molecule has 0 amide bonds. The molecule has 4 N–H and O–H groups in total. The van der Waals surface area contributed by atoms with Crippen LogP contribution in [0.2, 0.25) is 0 Å². The highest BCUT2D eigenvalue weighted by atomic mass is 14.9. The molecule has 2 atom stereocenters. The summed E-state index contributed by atoms with van der Waals surface area (Å²) in [5.41, 5.74) is 15.9. The Bertz CT molecular complexity index is 698. The highest BCUT2D eigenvalue weighted by Crippen LogP contribution is 2.48. The van der Waals surface area contributed by atoms with Gasteiger partial charge in [-0.25, -0.2) is 0 Å². The first-order valence-corrected chi connectivity index (χ1v) is 9.35. The second-order valence-electron chi connectivity index (χ2n) is 7.77. The maximum atomic E-state index is 7.25. The molecule has 2 aromatic heterocycles. The first kappa shape index (κ1) is 18.0. The molecule has 134 valence electrons. The van der Waals surface area contributed by atoms with E-state index in [9.17, 15) is 0 Å². The summed E-state index contributed by atoms with van der Waals surface area (Å²) in [6.45, 7) is 5.10. The summed E-state index contributed by atoms with van der Waals surface area (Å²) in [5.74, 6) is 0.223. The lowest BCUT2D eigenvalue weighted by Gasteiger charge is -2.50. The first-order chi connectivity index (χ1) is 12.0. The van der Waals surface area contributed by atoms with Crippen molar-refractivity contribution in [3.63, 3.8) is 0 Å². The molecule has 0 fully saturated rings. The van der Waals surface area contributed by atoms with Gasteiger partial charge in [0.05, 0.1) is 0 Å². The van der Waals surface area contributed by atoms with E-state index in [0.29, 0.717) is 6.54 Å². The van der Waals surface area contributed by atoms with Crippen molar-refractivity contribution in [1.29, 1.82) is 0 Å². The third-order valence-electron chi connectivity index (χ3n) is 6.08. The van der Waals surface area contributed by atoms with Gasteiger partial charge in [-0.1, -0.05) is 26.0 Å². The molecule has 1 aliphatic carbocycles. The zero-order valence-corrected chi connectivity index (χ0v) is 15.4.